The normalized spacial score (nSPS) is 11.8. The van der Waals surface area contributed by atoms with Gasteiger partial charge in [0, 0.05) is 16.3 Å². The summed E-state index contributed by atoms with van der Waals surface area (Å²) in [7, 11) is 0. The van der Waals surface area contributed by atoms with E-state index in [1.807, 2.05) is 24.3 Å². The summed E-state index contributed by atoms with van der Waals surface area (Å²) >= 11 is 7.24. The van der Waals surface area contributed by atoms with Gasteiger partial charge in [0.05, 0.1) is 5.60 Å². The van der Waals surface area contributed by atoms with Crippen LogP contribution in [-0.4, -0.2) is 31.6 Å². The lowest BCUT2D eigenvalue weighted by Crippen LogP contribution is -2.21. The Kier molecular flexibility index (Phi) is 3.94. The van der Waals surface area contributed by atoms with Crippen molar-refractivity contribution in [1.29, 1.82) is 0 Å². The Morgan fingerprint density at radius 2 is 2.00 bits per heavy atom. The van der Waals surface area contributed by atoms with E-state index in [4.69, 9.17) is 11.6 Å². The van der Waals surface area contributed by atoms with Crippen molar-refractivity contribution in [3.05, 3.63) is 29.3 Å². The van der Waals surface area contributed by atoms with Crippen molar-refractivity contribution >= 4 is 23.4 Å². The number of benzene rings is 1. The Hall–Kier alpha value is -1.04. The van der Waals surface area contributed by atoms with Crippen molar-refractivity contribution in [2.75, 3.05) is 5.75 Å². The molecule has 6 heteroatoms. The summed E-state index contributed by atoms with van der Waals surface area (Å²) in [4.78, 5) is 4.36. The average molecular weight is 284 g/mol. The fourth-order valence-corrected chi connectivity index (χ4v) is 2.16. The van der Waals surface area contributed by atoms with Crippen molar-refractivity contribution in [3.63, 3.8) is 0 Å². The van der Waals surface area contributed by atoms with Gasteiger partial charge in [-0.25, -0.2) is 4.98 Å². The Morgan fingerprint density at radius 3 is 2.61 bits per heavy atom. The number of thioether (sulfide) groups is 1. The molecule has 0 unspecified atom stereocenters. The van der Waals surface area contributed by atoms with Gasteiger partial charge < -0.3 is 5.11 Å². The van der Waals surface area contributed by atoms with Gasteiger partial charge in [-0.15, -0.1) is 5.10 Å². The van der Waals surface area contributed by atoms with E-state index < -0.39 is 5.60 Å². The third-order valence-corrected chi connectivity index (χ3v) is 3.68. The molecule has 0 aliphatic carbocycles. The molecule has 2 aromatic rings. The smallest absolute Gasteiger partial charge is 0.208 e. The first-order valence-electron chi connectivity index (χ1n) is 5.47. The molecule has 0 spiro atoms. The van der Waals surface area contributed by atoms with Crippen molar-refractivity contribution in [3.8, 4) is 11.4 Å². The maximum Gasteiger partial charge on any atom is 0.208 e. The van der Waals surface area contributed by atoms with Crippen molar-refractivity contribution < 1.29 is 5.11 Å². The number of nitrogens with one attached hydrogen (secondary N) is 1. The predicted octanol–water partition coefficient (Wildman–Crippen LogP) is 2.99. The standard InChI is InChI=1S/C12H14ClN3OS/c1-12(2,17)7-18-11-14-10(15-16-11)8-3-5-9(13)6-4-8/h3-6,17H,7H2,1-2H3,(H,14,15,16). The Balaban J connectivity index is 2.08. The average Bonchev–Trinajstić information content (AvgIpc) is 2.75. The van der Waals surface area contributed by atoms with Crippen molar-refractivity contribution in [2.24, 2.45) is 0 Å². The van der Waals surface area contributed by atoms with Crippen LogP contribution in [0.2, 0.25) is 5.02 Å². The van der Waals surface area contributed by atoms with E-state index in [0.717, 1.165) is 5.56 Å². The van der Waals surface area contributed by atoms with E-state index in [1.54, 1.807) is 13.8 Å². The molecule has 0 fully saturated rings. The molecule has 2 rings (SSSR count). The fraction of sp³-hybridized carbons (Fsp3) is 0.333. The monoisotopic (exact) mass is 283 g/mol. The third-order valence-electron chi connectivity index (χ3n) is 2.14. The topological polar surface area (TPSA) is 61.8 Å². The second kappa shape index (κ2) is 5.30. The highest BCUT2D eigenvalue weighted by Crippen LogP contribution is 2.22. The molecular weight excluding hydrogens is 270 g/mol. The van der Waals surface area contributed by atoms with E-state index in [9.17, 15) is 5.11 Å². The largest absolute Gasteiger partial charge is 0.390 e. The zero-order valence-electron chi connectivity index (χ0n) is 10.1. The summed E-state index contributed by atoms with van der Waals surface area (Å²) in [6.45, 7) is 3.51. The Bertz CT molecular complexity index is 519. The zero-order valence-corrected chi connectivity index (χ0v) is 11.7. The van der Waals surface area contributed by atoms with Gasteiger partial charge in [0.2, 0.25) is 5.16 Å². The molecule has 0 aliphatic rings. The van der Waals surface area contributed by atoms with E-state index in [-0.39, 0.29) is 0 Å². The number of rotatable bonds is 4. The minimum absolute atomic E-state index is 0.547. The number of nitrogens with zero attached hydrogens (tertiary/aromatic N) is 2. The number of halogens is 1. The lowest BCUT2D eigenvalue weighted by atomic mass is 10.2. The molecule has 0 bridgehead atoms. The van der Waals surface area contributed by atoms with E-state index in [2.05, 4.69) is 15.2 Å². The van der Waals surface area contributed by atoms with Gasteiger partial charge in [0.1, 0.15) is 0 Å². The molecule has 0 saturated carbocycles. The zero-order chi connectivity index (χ0) is 13.2. The molecule has 0 atom stereocenters. The van der Waals surface area contributed by atoms with Crippen LogP contribution >= 0.6 is 23.4 Å². The van der Waals surface area contributed by atoms with Gasteiger partial charge in [0.25, 0.3) is 0 Å². The van der Waals surface area contributed by atoms with Crippen LogP contribution in [0.3, 0.4) is 0 Å². The van der Waals surface area contributed by atoms with Crippen LogP contribution in [0, 0.1) is 0 Å². The lowest BCUT2D eigenvalue weighted by Gasteiger charge is -2.14. The number of aromatic amines is 1. The fourth-order valence-electron chi connectivity index (χ4n) is 1.29. The first kappa shape index (κ1) is 13.4. The highest BCUT2D eigenvalue weighted by Gasteiger charge is 2.15. The molecule has 4 nitrogen and oxygen atoms in total. The van der Waals surface area contributed by atoms with Crippen molar-refractivity contribution in [2.45, 2.75) is 24.6 Å². The second-order valence-electron chi connectivity index (χ2n) is 4.57. The van der Waals surface area contributed by atoms with Gasteiger partial charge >= 0.3 is 0 Å². The number of hydrogen-bond acceptors (Lipinski definition) is 4. The van der Waals surface area contributed by atoms with Crippen LogP contribution < -0.4 is 0 Å². The van der Waals surface area contributed by atoms with Crippen LogP contribution in [-0.2, 0) is 0 Å². The van der Waals surface area contributed by atoms with Crippen LogP contribution in [0.5, 0.6) is 0 Å². The van der Waals surface area contributed by atoms with E-state index >= 15 is 0 Å². The molecule has 1 aromatic heterocycles. The third kappa shape index (κ3) is 3.73. The second-order valence-corrected chi connectivity index (χ2v) is 5.95. The van der Waals surface area contributed by atoms with Gasteiger partial charge in [-0.1, -0.05) is 23.4 Å². The van der Waals surface area contributed by atoms with Gasteiger partial charge in [-0.3, -0.25) is 5.10 Å². The number of H-pyrrole nitrogens is 1. The molecule has 1 heterocycles. The maximum absolute atomic E-state index is 9.63. The number of aliphatic hydroxyl groups is 1. The lowest BCUT2D eigenvalue weighted by molar-refractivity contribution is 0.107. The summed E-state index contributed by atoms with van der Waals surface area (Å²) in [5, 5.41) is 17.9. The van der Waals surface area contributed by atoms with Crippen LogP contribution in [0.25, 0.3) is 11.4 Å². The Morgan fingerprint density at radius 1 is 1.33 bits per heavy atom. The van der Waals surface area contributed by atoms with Crippen molar-refractivity contribution in [1.82, 2.24) is 15.2 Å². The summed E-state index contributed by atoms with van der Waals surface area (Å²) in [6, 6.07) is 7.38. The summed E-state index contributed by atoms with van der Waals surface area (Å²) < 4.78 is 0. The molecule has 0 amide bonds. The van der Waals surface area contributed by atoms with Gasteiger partial charge in [-0.05, 0) is 38.1 Å². The SMILES string of the molecule is CC(C)(O)CSc1n[nH]c(-c2ccc(Cl)cc2)n1. The van der Waals surface area contributed by atoms with Gasteiger partial charge in [-0.2, -0.15) is 0 Å². The highest BCUT2D eigenvalue weighted by atomic mass is 35.5. The minimum atomic E-state index is -0.730. The first-order chi connectivity index (χ1) is 8.44. The highest BCUT2D eigenvalue weighted by molar-refractivity contribution is 7.99. The molecule has 0 saturated heterocycles. The predicted molar refractivity (Wildman–Crippen MR) is 73.9 cm³/mol. The van der Waals surface area contributed by atoms with Gasteiger partial charge in [0.15, 0.2) is 5.82 Å². The molecular formula is C12H14ClN3OS. The summed E-state index contributed by atoms with van der Waals surface area (Å²) in [6.07, 6.45) is 0. The number of aromatic nitrogens is 3. The molecule has 96 valence electrons. The van der Waals surface area contributed by atoms with Crippen LogP contribution in [0.1, 0.15) is 13.8 Å². The van der Waals surface area contributed by atoms with E-state index in [1.165, 1.54) is 11.8 Å². The van der Waals surface area contributed by atoms with Crippen LogP contribution in [0.4, 0.5) is 0 Å². The molecule has 2 N–H and O–H groups in total. The molecule has 0 aliphatic heterocycles. The molecule has 0 radical (unpaired) electrons. The van der Waals surface area contributed by atoms with E-state index in [0.29, 0.717) is 21.8 Å². The first-order valence-corrected chi connectivity index (χ1v) is 6.84. The number of hydrogen-bond donors (Lipinski definition) is 2. The Labute approximate surface area is 115 Å². The summed E-state index contributed by atoms with van der Waals surface area (Å²) in [5.41, 5.74) is 0.202. The molecule has 1 aromatic carbocycles. The molecule has 18 heavy (non-hydrogen) atoms. The summed E-state index contributed by atoms with van der Waals surface area (Å²) in [5.74, 6) is 1.25. The van der Waals surface area contributed by atoms with Crippen LogP contribution in [0.15, 0.2) is 29.4 Å². The minimum Gasteiger partial charge on any atom is -0.390 e. The maximum atomic E-state index is 9.63. The quantitative estimate of drug-likeness (QED) is 0.847.